The Balaban J connectivity index is 2.91. The van der Waals surface area contributed by atoms with Gasteiger partial charge in [0.25, 0.3) is 0 Å². The fraction of sp³-hybridized carbons (Fsp3) is 0.385. The highest BCUT2D eigenvalue weighted by Gasteiger charge is 2.04. The highest BCUT2D eigenvalue weighted by atomic mass is 35.5. The Bertz CT molecular complexity index is 318. The maximum Gasteiger partial charge on any atom is 0.0479 e. The normalized spacial score (nSPS) is 12.3. The third-order valence-electron chi connectivity index (χ3n) is 1.96. The summed E-state index contributed by atoms with van der Waals surface area (Å²) in [5, 5.41) is 0. The van der Waals surface area contributed by atoms with Gasteiger partial charge in [-0.2, -0.15) is 0 Å². The van der Waals surface area contributed by atoms with Crippen molar-refractivity contribution >= 4 is 17.7 Å². The zero-order chi connectivity index (χ0) is 10.6. The molecule has 0 spiro atoms. The topological polar surface area (TPSA) is 0 Å². The lowest BCUT2D eigenvalue weighted by molar-refractivity contribution is 0.547. The molecule has 1 aromatic carbocycles. The molecular weight excluding hydrogens is 192 g/mol. The van der Waals surface area contributed by atoms with Crippen molar-refractivity contribution in [3.8, 4) is 0 Å². The first kappa shape index (κ1) is 11.3. The second-order valence-electron chi connectivity index (χ2n) is 4.53. The van der Waals surface area contributed by atoms with E-state index in [4.69, 9.17) is 11.6 Å². The second kappa shape index (κ2) is 4.65. The van der Waals surface area contributed by atoms with E-state index in [0.717, 1.165) is 0 Å². The first-order valence-corrected chi connectivity index (χ1v) is 5.39. The van der Waals surface area contributed by atoms with Crippen LogP contribution in [0.25, 0.3) is 6.08 Å². The SMILES string of the molecule is CC(C)(C)C=Cc1ccccc1CCl. The molecule has 0 fully saturated rings. The molecular formula is C13H17Cl. The van der Waals surface area contributed by atoms with Gasteiger partial charge in [0.2, 0.25) is 0 Å². The number of hydrogen-bond acceptors (Lipinski definition) is 0. The van der Waals surface area contributed by atoms with Crippen LogP contribution in [0.4, 0.5) is 0 Å². The second-order valence-corrected chi connectivity index (χ2v) is 4.80. The molecule has 0 atom stereocenters. The highest BCUT2D eigenvalue weighted by molar-refractivity contribution is 6.17. The molecule has 1 rings (SSSR count). The van der Waals surface area contributed by atoms with Gasteiger partial charge in [0.1, 0.15) is 0 Å². The molecule has 0 aliphatic heterocycles. The Labute approximate surface area is 91.6 Å². The smallest absolute Gasteiger partial charge is 0.0479 e. The summed E-state index contributed by atoms with van der Waals surface area (Å²) in [6.45, 7) is 6.56. The van der Waals surface area contributed by atoms with Crippen LogP contribution >= 0.6 is 11.6 Å². The van der Waals surface area contributed by atoms with E-state index in [1.807, 2.05) is 12.1 Å². The molecule has 0 saturated heterocycles. The van der Waals surface area contributed by atoms with E-state index in [2.05, 4.69) is 45.1 Å². The number of benzene rings is 1. The predicted octanol–water partition coefficient (Wildman–Crippen LogP) is 4.48. The first-order chi connectivity index (χ1) is 6.53. The average Bonchev–Trinajstić information content (AvgIpc) is 2.14. The first-order valence-electron chi connectivity index (χ1n) is 4.86. The number of alkyl halides is 1. The molecule has 1 heteroatoms. The fourth-order valence-electron chi connectivity index (χ4n) is 1.16. The minimum absolute atomic E-state index is 0.222. The maximum absolute atomic E-state index is 5.85. The van der Waals surface area contributed by atoms with Gasteiger partial charge in [0, 0.05) is 5.88 Å². The summed E-state index contributed by atoms with van der Waals surface area (Å²) in [5.74, 6) is 0.574. The molecule has 0 bridgehead atoms. The number of halogens is 1. The Morgan fingerprint density at radius 1 is 1.21 bits per heavy atom. The van der Waals surface area contributed by atoms with Gasteiger partial charge in [-0.05, 0) is 16.5 Å². The largest absolute Gasteiger partial charge is 0.122 e. The van der Waals surface area contributed by atoms with Gasteiger partial charge >= 0.3 is 0 Å². The van der Waals surface area contributed by atoms with Crippen LogP contribution in [0.2, 0.25) is 0 Å². The van der Waals surface area contributed by atoms with Crippen LogP contribution in [0.1, 0.15) is 31.9 Å². The number of rotatable bonds is 2. The lowest BCUT2D eigenvalue weighted by atomic mass is 9.94. The van der Waals surface area contributed by atoms with Gasteiger partial charge in [-0.15, -0.1) is 11.6 Å². The van der Waals surface area contributed by atoms with Gasteiger partial charge < -0.3 is 0 Å². The van der Waals surface area contributed by atoms with E-state index in [9.17, 15) is 0 Å². The summed E-state index contributed by atoms with van der Waals surface area (Å²) >= 11 is 5.85. The van der Waals surface area contributed by atoms with E-state index in [1.54, 1.807) is 0 Å². The van der Waals surface area contributed by atoms with Crippen LogP contribution in [0, 0.1) is 5.41 Å². The summed E-state index contributed by atoms with van der Waals surface area (Å²) in [6, 6.07) is 8.22. The van der Waals surface area contributed by atoms with Crippen LogP contribution in [-0.4, -0.2) is 0 Å². The molecule has 0 radical (unpaired) electrons. The maximum atomic E-state index is 5.85. The summed E-state index contributed by atoms with van der Waals surface area (Å²) in [5.41, 5.74) is 2.63. The molecule has 0 aromatic heterocycles. The molecule has 0 heterocycles. The van der Waals surface area contributed by atoms with Crippen LogP contribution in [0.5, 0.6) is 0 Å². The van der Waals surface area contributed by atoms with Crippen molar-refractivity contribution < 1.29 is 0 Å². The predicted molar refractivity (Wildman–Crippen MR) is 64.5 cm³/mol. The summed E-state index contributed by atoms with van der Waals surface area (Å²) in [6.07, 6.45) is 4.36. The molecule has 0 unspecified atom stereocenters. The quantitative estimate of drug-likeness (QED) is 0.629. The van der Waals surface area contributed by atoms with Crippen molar-refractivity contribution in [1.29, 1.82) is 0 Å². The lowest BCUT2D eigenvalue weighted by Crippen LogP contribution is -1.98. The Morgan fingerprint density at radius 2 is 1.86 bits per heavy atom. The zero-order valence-corrected chi connectivity index (χ0v) is 9.81. The molecule has 0 amide bonds. The Morgan fingerprint density at radius 3 is 2.43 bits per heavy atom. The molecule has 1 aromatic rings. The van der Waals surface area contributed by atoms with Crippen molar-refractivity contribution in [3.05, 3.63) is 41.5 Å². The number of allylic oxidation sites excluding steroid dienone is 1. The van der Waals surface area contributed by atoms with Gasteiger partial charge in [-0.1, -0.05) is 57.2 Å². The molecule has 0 saturated carbocycles. The van der Waals surface area contributed by atoms with Crippen LogP contribution < -0.4 is 0 Å². The van der Waals surface area contributed by atoms with Crippen LogP contribution in [0.15, 0.2) is 30.3 Å². The molecule has 0 nitrogen and oxygen atoms in total. The molecule has 14 heavy (non-hydrogen) atoms. The lowest BCUT2D eigenvalue weighted by Gasteiger charge is -2.11. The summed E-state index contributed by atoms with van der Waals surface area (Å²) in [4.78, 5) is 0. The Kier molecular flexibility index (Phi) is 3.77. The van der Waals surface area contributed by atoms with Gasteiger partial charge in [0.05, 0.1) is 0 Å². The standard InChI is InChI=1S/C13H17Cl/c1-13(2,3)9-8-11-6-4-5-7-12(11)10-14/h4-9H,10H2,1-3H3. The van der Waals surface area contributed by atoms with Gasteiger partial charge in [-0.3, -0.25) is 0 Å². The van der Waals surface area contributed by atoms with Crippen LogP contribution in [0.3, 0.4) is 0 Å². The van der Waals surface area contributed by atoms with Crippen LogP contribution in [-0.2, 0) is 5.88 Å². The molecule has 0 N–H and O–H groups in total. The fourth-order valence-corrected chi connectivity index (χ4v) is 1.40. The Hall–Kier alpha value is -0.750. The van der Waals surface area contributed by atoms with E-state index >= 15 is 0 Å². The number of hydrogen-bond donors (Lipinski definition) is 0. The summed E-state index contributed by atoms with van der Waals surface area (Å²) in [7, 11) is 0. The third kappa shape index (κ3) is 3.55. The van der Waals surface area contributed by atoms with Crippen molar-refractivity contribution in [3.63, 3.8) is 0 Å². The zero-order valence-electron chi connectivity index (χ0n) is 9.05. The average molecular weight is 209 g/mol. The van der Waals surface area contributed by atoms with Crippen molar-refractivity contribution in [2.75, 3.05) is 0 Å². The highest BCUT2D eigenvalue weighted by Crippen LogP contribution is 2.19. The molecule has 0 aliphatic rings. The van der Waals surface area contributed by atoms with Crippen molar-refractivity contribution in [2.45, 2.75) is 26.7 Å². The van der Waals surface area contributed by atoms with Gasteiger partial charge in [0.15, 0.2) is 0 Å². The van der Waals surface area contributed by atoms with E-state index < -0.39 is 0 Å². The summed E-state index contributed by atoms with van der Waals surface area (Å²) < 4.78 is 0. The van der Waals surface area contributed by atoms with Crippen molar-refractivity contribution in [1.82, 2.24) is 0 Å². The van der Waals surface area contributed by atoms with E-state index in [-0.39, 0.29) is 5.41 Å². The molecule has 76 valence electrons. The molecule has 0 aliphatic carbocycles. The minimum Gasteiger partial charge on any atom is -0.122 e. The third-order valence-corrected chi connectivity index (χ3v) is 2.25. The van der Waals surface area contributed by atoms with E-state index in [0.29, 0.717) is 5.88 Å². The monoisotopic (exact) mass is 208 g/mol. The van der Waals surface area contributed by atoms with Crippen molar-refractivity contribution in [2.24, 2.45) is 5.41 Å². The van der Waals surface area contributed by atoms with Gasteiger partial charge in [-0.25, -0.2) is 0 Å². The minimum atomic E-state index is 0.222. The van der Waals surface area contributed by atoms with E-state index in [1.165, 1.54) is 11.1 Å².